The molecule has 0 spiro atoms. The Morgan fingerprint density at radius 3 is 3.00 bits per heavy atom. The van der Waals surface area contributed by atoms with Gasteiger partial charge in [0.2, 0.25) is 5.95 Å². The average Bonchev–Trinajstić information content (AvgIpc) is 2.58. The van der Waals surface area contributed by atoms with Crippen LogP contribution in [0.1, 0.15) is 19.4 Å². The average molecular weight is 234 g/mol. The molecule has 1 atom stereocenters. The van der Waals surface area contributed by atoms with Crippen LogP contribution in [-0.4, -0.2) is 27.2 Å². The molecule has 0 fully saturated rings. The maximum atomic E-state index is 5.92. The first kappa shape index (κ1) is 11.9. The van der Waals surface area contributed by atoms with Gasteiger partial charge >= 0.3 is 0 Å². The lowest BCUT2D eigenvalue weighted by Gasteiger charge is -2.13. The van der Waals surface area contributed by atoms with Crippen molar-refractivity contribution < 1.29 is 4.74 Å². The number of anilines is 1. The van der Waals surface area contributed by atoms with Gasteiger partial charge in [-0.15, -0.1) is 0 Å². The number of hydrogen-bond donors (Lipinski definition) is 1. The molecule has 0 saturated carbocycles. The number of aromatic nitrogens is 3. The van der Waals surface area contributed by atoms with Gasteiger partial charge in [0.25, 0.3) is 0 Å². The molecule has 0 aliphatic rings. The molecule has 0 saturated heterocycles. The molecule has 5 heteroatoms. The fourth-order valence-electron chi connectivity index (χ4n) is 1.93. The number of hydrogen-bond acceptors (Lipinski definition) is 4. The standard InChI is InChI=1S/C12H18N4O/c1-4-17-9(3)7-16-11-10(15-12(16)13)8(2)5-6-14-11/h5-6,9H,4,7H2,1-3H3,(H2,13,15). The third-order valence-corrected chi connectivity index (χ3v) is 2.76. The van der Waals surface area contributed by atoms with Gasteiger partial charge in [0.1, 0.15) is 5.52 Å². The summed E-state index contributed by atoms with van der Waals surface area (Å²) in [5.74, 6) is 0.494. The first-order chi connectivity index (χ1) is 8.13. The molecule has 2 aromatic heterocycles. The summed E-state index contributed by atoms with van der Waals surface area (Å²) in [7, 11) is 0. The molecule has 17 heavy (non-hydrogen) atoms. The Morgan fingerprint density at radius 1 is 1.53 bits per heavy atom. The van der Waals surface area contributed by atoms with E-state index >= 15 is 0 Å². The first-order valence-corrected chi connectivity index (χ1v) is 5.82. The minimum atomic E-state index is 0.0991. The number of fused-ring (bicyclic) bond motifs is 1. The van der Waals surface area contributed by atoms with Crippen molar-refractivity contribution in [3.05, 3.63) is 17.8 Å². The molecule has 0 amide bonds. The van der Waals surface area contributed by atoms with Crippen LogP contribution in [0.25, 0.3) is 11.2 Å². The molecular formula is C12H18N4O. The van der Waals surface area contributed by atoms with Crippen LogP contribution in [0, 0.1) is 6.92 Å². The Bertz CT molecular complexity index is 520. The van der Waals surface area contributed by atoms with Gasteiger partial charge in [-0.25, -0.2) is 9.97 Å². The molecule has 2 heterocycles. The summed E-state index contributed by atoms with van der Waals surface area (Å²) in [5.41, 5.74) is 8.71. The van der Waals surface area contributed by atoms with Crippen molar-refractivity contribution in [1.82, 2.24) is 14.5 Å². The van der Waals surface area contributed by atoms with Crippen LogP contribution in [0.2, 0.25) is 0 Å². The maximum Gasteiger partial charge on any atom is 0.202 e. The van der Waals surface area contributed by atoms with Gasteiger partial charge < -0.3 is 10.5 Å². The quantitative estimate of drug-likeness (QED) is 0.875. The molecule has 0 aromatic carbocycles. The molecule has 2 N–H and O–H groups in total. The summed E-state index contributed by atoms with van der Waals surface area (Å²) in [5, 5.41) is 0. The lowest BCUT2D eigenvalue weighted by atomic mass is 10.3. The zero-order valence-electron chi connectivity index (χ0n) is 10.5. The van der Waals surface area contributed by atoms with Gasteiger partial charge in [-0.1, -0.05) is 0 Å². The number of rotatable bonds is 4. The minimum absolute atomic E-state index is 0.0991. The van der Waals surface area contributed by atoms with Crippen molar-refractivity contribution in [2.75, 3.05) is 12.3 Å². The van der Waals surface area contributed by atoms with Crippen molar-refractivity contribution >= 4 is 17.1 Å². The third-order valence-electron chi connectivity index (χ3n) is 2.76. The molecular weight excluding hydrogens is 216 g/mol. The molecule has 0 radical (unpaired) electrons. The van der Waals surface area contributed by atoms with E-state index in [1.165, 1.54) is 0 Å². The fraction of sp³-hybridized carbons (Fsp3) is 0.500. The zero-order chi connectivity index (χ0) is 12.4. The Kier molecular flexibility index (Phi) is 3.28. The molecule has 5 nitrogen and oxygen atoms in total. The fourth-order valence-corrected chi connectivity index (χ4v) is 1.93. The highest BCUT2D eigenvalue weighted by Gasteiger charge is 2.13. The molecule has 2 rings (SSSR count). The summed E-state index contributed by atoms with van der Waals surface area (Å²) in [6.45, 7) is 7.37. The molecule has 0 aliphatic carbocycles. The van der Waals surface area contributed by atoms with Crippen molar-refractivity contribution in [2.45, 2.75) is 33.4 Å². The number of imidazole rings is 1. The number of aryl methyl sites for hydroxylation is 1. The lowest BCUT2D eigenvalue weighted by molar-refractivity contribution is 0.0651. The van der Waals surface area contributed by atoms with E-state index < -0.39 is 0 Å². The highest BCUT2D eigenvalue weighted by molar-refractivity contribution is 5.77. The second kappa shape index (κ2) is 4.71. The summed E-state index contributed by atoms with van der Waals surface area (Å²) < 4.78 is 7.42. The Balaban J connectivity index is 2.40. The largest absolute Gasteiger partial charge is 0.377 e. The topological polar surface area (TPSA) is 66.0 Å². The predicted molar refractivity (Wildman–Crippen MR) is 67.8 cm³/mol. The monoisotopic (exact) mass is 234 g/mol. The highest BCUT2D eigenvalue weighted by Crippen LogP contribution is 2.19. The number of nitrogens with two attached hydrogens (primary N) is 1. The number of pyridine rings is 1. The number of ether oxygens (including phenoxy) is 1. The minimum Gasteiger partial charge on any atom is -0.377 e. The summed E-state index contributed by atoms with van der Waals surface area (Å²) in [4.78, 5) is 8.69. The van der Waals surface area contributed by atoms with Crippen LogP contribution in [0.4, 0.5) is 5.95 Å². The lowest BCUT2D eigenvalue weighted by Crippen LogP contribution is -2.18. The van der Waals surface area contributed by atoms with Gasteiger partial charge in [-0.3, -0.25) is 4.57 Å². The van der Waals surface area contributed by atoms with E-state index in [-0.39, 0.29) is 6.10 Å². The Labute approximate surface area is 101 Å². The SMILES string of the molecule is CCOC(C)Cn1c(N)nc2c(C)ccnc21. The second-order valence-corrected chi connectivity index (χ2v) is 4.15. The van der Waals surface area contributed by atoms with Crippen LogP contribution in [0.3, 0.4) is 0 Å². The maximum absolute atomic E-state index is 5.92. The van der Waals surface area contributed by atoms with Crippen LogP contribution in [-0.2, 0) is 11.3 Å². The second-order valence-electron chi connectivity index (χ2n) is 4.15. The van der Waals surface area contributed by atoms with Gasteiger partial charge in [0, 0.05) is 12.8 Å². The Morgan fingerprint density at radius 2 is 2.29 bits per heavy atom. The van der Waals surface area contributed by atoms with Crippen molar-refractivity contribution in [3.8, 4) is 0 Å². The van der Waals surface area contributed by atoms with E-state index in [1.54, 1.807) is 6.20 Å². The first-order valence-electron chi connectivity index (χ1n) is 5.82. The Hall–Kier alpha value is -1.62. The molecule has 0 aliphatic heterocycles. The van der Waals surface area contributed by atoms with Crippen LogP contribution in [0.5, 0.6) is 0 Å². The summed E-state index contributed by atoms with van der Waals surface area (Å²) in [6.07, 6.45) is 1.88. The number of nitrogens with zero attached hydrogens (tertiary/aromatic N) is 3. The molecule has 1 unspecified atom stereocenters. The van der Waals surface area contributed by atoms with Crippen molar-refractivity contribution in [3.63, 3.8) is 0 Å². The van der Waals surface area contributed by atoms with Gasteiger partial charge in [0.05, 0.1) is 12.6 Å². The molecule has 2 aromatic rings. The van der Waals surface area contributed by atoms with E-state index in [4.69, 9.17) is 10.5 Å². The predicted octanol–water partition coefficient (Wildman–Crippen LogP) is 1.75. The van der Waals surface area contributed by atoms with Gasteiger partial charge in [0.15, 0.2) is 5.65 Å². The van der Waals surface area contributed by atoms with Gasteiger partial charge in [-0.05, 0) is 32.4 Å². The van der Waals surface area contributed by atoms with Crippen LogP contribution < -0.4 is 5.73 Å². The van der Waals surface area contributed by atoms with Crippen LogP contribution >= 0.6 is 0 Å². The van der Waals surface area contributed by atoms with Crippen LogP contribution in [0.15, 0.2) is 12.3 Å². The van der Waals surface area contributed by atoms with E-state index in [9.17, 15) is 0 Å². The number of nitrogen functional groups attached to an aromatic ring is 1. The molecule has 0 bridgehead atoms. The highest BCUT2D eigenvalue weighted by atomic mass is 16.5. The van der Waals surface area contributed by atoms with E-state index in [0.717, 1.165) is 16.7 Å². The van der Waals surface area contributed by atoms with E-state index in [0.29, 0.717) is 19.1 Å². The molecule has 92 valence electrons. The van der Waals surface area contributed by atoms with E-state index in [1.807, 2.05) is 31.4 Å². The zero-order valence-corrected chi connectivity index (χ0v) is 10.5. The summed E-state index contributed by atoms with van der Waals surface area (Å²) >= 11 is 0. The normalized spacial score (nSPS) is 13.1. The third kappa shape index (κ3) is 2.24. The van der Waals surface area contributed by atoms with Crippen molar-refractivity contribution in [2.24, 2.45) is 0 Å². The summed E-state index contributed by atoms with van der Waals surface area (Å²) in [6, 6.07) is 1.94. The van der Waals surface area contributed by atoms with Crippen molar-refractivity contribution in [1.29, 1.82) is 0 Å². The van der Waals surface area contributed by atoms with Gasteiger partial charge in [-0.2, -0.15) is 0 Å². The van der Waals surface area contributed by atoms with E-state index in [2.05, 4.69) is 9.97 Å². The smallest absolute Gasteiger partial charge is 0.202 e.